The molecule has 0 heterocycles. The van der Waals surface area contributed by atoms with E-state index in [9.17, 15) is 14.1 Å². The maximum atomic E-state index is 12.0. The van der Waals surface area contributed by atoms with Crippen LogP contribution in [0.1, 0.15) is 52.9 Å². The van der Waals surface area contributed by atoms with Gasteiger partial charge >= 0.3 is 5.97 Å². The van der Waals surface area contributed by atoms with E-state index in [2.05, 4.69) is 0 Å². The lowest BCUT2D eigenvalue weighted by Crippen LogP contribution is -2.42. The zero-order valence-corrected chi connectivity index (χ0v) is 13.0. The first-order valence-electron chi connectivity index (χ1n) is 7.18. The third kappa shape index (κ3) is 4.88. The third-order valence-corrected chi connectivity index (χ3v) is 6.02. The van der Waals surface area contributed by atoms with Crippen LogP contribution >= 0.6 is 0 Å². The normalized spacial score (nSPS) is 30.6. The molecular weight excluding hydrogens is 264 g/mol. The predicted octanol–water partition coefficient (Wildman–Crippen LogP) is 2.02. The number of aliphatic hydroxyl groups is 1. The molecule has 19 heavy (non-hydrogen) atoms. The molecule has 0 aliphatic heterocycles. The molecule has 0 spiro atoms. The van der Waals surface area contributed by atoms with Gasteiger partial charge in [0, 0.05) is 16.0 Å². The van der Waals surface area contributed by atoms with E-state index in [0.717, 1.165) is 6.42 Å². The lowest BCUT2D eigenvalue weighted by molar-refractivity contribution is -0.150. The monoisotopic (exact) mass is 290 g/mol. The van der Waals surface area contributed by atoms with E-state index in [0.29, 0.717) is 38.0 Å². The standard InChI is InChI=1S/C14H26O4S/c1-4-11(3)19(17)10-14(16)8-6-12(7-9-14)13(15)18-5-2/h11-12,16H,4-10H2,1-3H3. The first kappa shape index (κ1) is 16.6. The largest absolute Gasteiger partial charge is 0.466 e. The highest BCUT2D eigenvalue weighted by Gasteiger charge is 2.38. The van der Waals surface area contributed by atoms with Crippen LogP contribution in [0.4, 0.5) is 0 Å². The molecule has 2 atom stereocenters. The summed E-state index contributed by atoms with van der Waals surface area (Å²) in [6.45, 7) is 6.15. The SMILES string of the molecule is CCOC(=O)C1CCC(O)(CS(=O)C(C)CC)CC1. The molecule has 0 aromatic carbocycles. The lowest BCUT2D eigenvalue weighted by atomic mass is 9.80. The minimum absolute atomic E-state index is 0.0998. The van der Waals surface area contributed by atoms with Crippen molar-refractivity contribution in [3.8, 4) is 0 Å². The van der Waals surface area contributed by atoms with E-state index >= 15 is 0 Å². The van der Waals surface area contributed by atoms with Crippen LogP contribution in [0.2, 0.25) is 0 Å². The average Bonchev–Trinajstić information content (AvgIpc) is 2.38. The van der Waals surface area contributed by atoms with Gasteiger partial charge in [0.25, 0.3) is 0 Å². The van der Waals surface area contributed by atoms with Gasteiger partial charge in [0.2, 0.25) is 0 Å². The van der Waals surface area contributed by atoms with Crippen LogP contribution in [0.3, 0.4) is 0 Å². The summed E-state index contributed by atoms with van der Waals surface area (Å²) in [4.78, 5) is 11.6. The summed E-state index contributed by atoms with van der Waals surface area (Å²) in [6.07, 6.45) is 3.20. The van der Waals surface area contributed by atoms with Crippen LogP contribution in [0.25, 0.3) is 0 Å². The molecule has 2 unspecified atom stereocenters. The molecule has 1 aliphatic rings. The van der Waals surface area contributed by atoms with Gasteiger partial charge in [0.15, 0.2) is 0 Å². The van der Waals surface area contributed by atoms with Gasteiger partial charge in [0.1, 0.15) is 0 Å². The fraction of sp³-hybridized carbons (Fsp3) is 0.929. The van der Waals surface area contributed by atoms with Gasteiger partial charge in [-0.05, 0) is 39.0 Å². The molecule has 1 saturated carbocycles. The maximum Gasteiger partial charge on any atom is 0.308 e. The molecular formula is C14H26O4S. The van der Waals surface area contributed by atoms with Crippen LogP contribution < -0.4 is 0 Å². The van der Waals surface area contributed by atoms with Crippen molar-refractivity contribution in [2.75, 3.05) is 12.4 Å². The van der Waals surface area contributed by atoms with Gasteiger partial charge in [0.05, 0.1) is 23.9 Å². The highest BCUT2D eigenvalue weighted by Crippen LogP contribution is 2.33. The van der Waals surface area contributed by atoms with Crippen molar-refractivity contribution in [1.82, 2.24) is 0 Å². The first-order valence-corrected chi connectivity index (χ1v) is 8.56. The van der Waals surface area contributed by atoms with Crippen LogP contribution in [0.5, 0.6) is 0 Å². The Hall–Kier alpha value is -0.420. The molecule has 1 fully saturated rings. The number of esters is 1. The number of ether oxygens (including phenoxy) is 1. The molecule has 1 rings (SSSR count). The average molecular weight is 290 g/mol. The summed E-state index contributed by atoms with van der Waals surface area (Å²) in [5.74, 6) is 0.0715. The quantitative estimate of drug-likeness (QED) is 0.760. The van der Waals surface area contributed by atoms with Gasteiger partial charge < -0.3 is 9.84 Å². The number of hydrogen-bond acceptors (Lipinski definition) is 4. The summed E-state index contributed by atoms with van der Waals surface area (Å²) in [6, 6.07) is 0. The van der Waals surface area contributed by atoms with Gasteiger partial charge in [-0.2, -0.15) is 0 Å². The highest BCUT2D eigenvalue weighted by atomic mass is 32.2. The second-order valence-electron chi connectivity index (χ2n) is 5.49. The van der Waals surface area contributed by atoms with Crippen molar-refractivity contribution < 1.29 is 18.8 Å². The Morgan fingerprint density at radius 1 is 1.42 bits per heavy atom. The number of rotatable bonds is 6. The van der Waals surface area contributed by atoms with E-state index < -0.39 is 16.4 Å². The summed E-state index contributed by atoms with van der Waals surface area (Å²) in [5.41, 5.74) is -0.864. The molecule has 1 aliphatic carbocycles. The second kappa shape index (κ2) is 7.39. The Morgan fingerprint density at radius 2 is 2.00 bits per heavy atom. The second-order valence-corrected chi connectivity index (χ2v) is 7.35. The fourth-order valence-electron chi connectivity index (χ4n) is 2.39. The number of carbonyl (C=O) groups excluding carboxylic acids is 1. The molecule has 5 heteroatoms. The van der Waals surface area contributed by atoms with Crippen molar-refractivity contribution in [3.63, 3.8) is 0 Å². The molecule has 1 N–H and O–H groups in total. The molecule has 4 nitrogen and oxygen atoms in total. The molecule has 0 radical (unpaired) electrons. The Labute approximate surface area is 118 Å². The van der Waals surface area contributed by atoms with Gasteiger partial charge in [-0.15, -0.1) is 0 Å². The Kier molecular flexibility index (Phi) is 6.47. The van der Waals surface area contributed by atoms with Crippen molar-refractivity contribution in [2.45, 2.75) is 63.7 Å². The zero-order valence-electron chi connectivity index (χ0n) is 12.2. The van der Waals surface area contributed by atoms with Gasteiger partial charge in [-0.25, -0.2) is 0 Å². The molecule has 0 aromatic heterocycles. The minimum atomic E-state index is -0.993. The summed E-state index contributed by atoms with van der Waals surface area (Å²) in [5, 5.41) is 10.6. The van der Waals surface area contributed by atoms with E-state index in [4.69, 9.17) is 4.74 Å². The molecule has 0 bridgehead atoms. The van der Waals surface area contributed by atoms with Crippen molar-refractivity contribution in [2.24, 2.45) is 5.92 Å². The Balaban J connectivity index is 2.47. The van der Waals surface area contributed by atoms with E-state index in [1.54, 1.807) is 6.92 Å². The topological polar surface area (TPSA) is 63.6 Å². The Bertz CT molecular complexity index is 321. The molecule has 0 saturated heterocycles. The predicted molar refractivity (Wildman–Crippen MR) is 76.3 cm³/mol. The smallest absolute Gasteiger partial charge is 0.308 e. The molecule has 112 valence electrons. The van der Waals surface area contributed by atoms with Crippen LogP contribution in [-0.4, -0.2) is 38.5 Å². The van der Waals surface area contributed by atoms with Gasteiger partial charge in [-0.1, -0.05) is 13.8 Å². The highest BCUT2D eigenvalue weighted by molar-refractivity contribution is 7.85. The van der Waals surface area contributed by atoms with Crippen LogP contribution in [-0.2, 0) is 20.3 Å². The summed E-state index contributed by atoms with van der Waals surface area (Å²) in [7, 11) is -0.993. The fourth-order valence-corrected chi connectivity index (χ4v) is 3.86. The number of carbonyl (C=O) groups is 1. The van der Waals surface area contributed by atoms with Gasteiger partial charge in [-0.3, -0.25) is 9.00 Å². The minimum Gasteiger partial charge on any atom is -0.466 e. The van der Waals surface area contributed by atoms with Crippen LogP contribution in [0, 0.1) is 5.92 Å². The van der Waals surface area contributed by atoms with Crippen molar-refractivity contribution >= 4 is 16.8 Å². The summed E-state index contributed by atoms with van der Waals surface area (Å²) >= 11 is 0. The molecule has 0 aromatic rings. The van der Waals surface area contributed by atoms with Crippen molar-refractivity contribution in [1.29, 1.82) is 0 Å². The van der Waals surface area contributed by atoms with E-state index in [1.165, 1.54) is 0 Å². The Morgan fingerprint density at radius 3 is 2.47 bits per heavy atom. The summed E-state index contributed by atoms with van der Waals surface area (Å²) < 4.78 is 17.0. The maximum absolute atomic E-state index is 12.0. The lowest BCUT2D eigenvalue weighted by Gasteiger charge is -2.35. The first-order chi connectivity index (χ1) is 8.91. The molecule has 0 amide bonds. The zero-order chi connectivity index (χ0) is 14.5. The van der Waals surface area contributed by atoms with Crippen LogP contribution in [0.15, 0.2) is 0 Å². The number of hydrogen-bond donors (Lipinski definition) is 1. The third-order valence-electron chi connectivity index (χ3n) is 3.97. The van der Waals surface area contributed by atoms with E-state index in [-0.39, 0.29) is 17.1 Å². The van der Waals surface area contributed by atoms with Crippen molar-refractivity contribution in [3.05, 3.63) is 0 Å². The van der Waals surface area contributed by atoms with E-state index in [1.807, 2.05) is 13.8 Å².